The van der Waals surface area contributed by atoms with Crippen molar-refractivity contribution < 1.29 is 14.0 Å². The van der Waals surface area contributed by atoms with Gasteiger partial charge < -0.3 is 4.90 Å². The molecule has 0 atom stereocenters. The van der Waals surface area contributed by atoms with Crippen LogP contribution in [0.15, 0.2) is 78.9 Å². The van der Waals surface area contributed by atoms with Gasteiger partial charge in [0.1, 0.15) is 11.4 Å². The van der Waals surface area contributed by atoms with Crippen LogP contribution < -0.4 is 4.90 Å². The first kappa shape index (κ1) is 19.8. The first-order valence-corrected chi connectivity index (χ1v) is 9.91. The molecule has 152 valence electrons. The Labute approximate surface area is 175 Å². The number of anilines is 1. The summed E-state index contributed by atoms with van der Waals surface area (Å²) >= 11 is 0. The maximum Gasteiger partial charge on any atom is 0.332 e. The number of imide groups is 1. The Hall–Kier alpha value is -3.47. The Morgan fingerprint density at radius 3 is 2.10 bits per heavy atom. The minimum atomic E-state index is -1.08. The molecule has 3 aromatic rings. The second kappa shape index (κ2) is 7.75. The normalized spacial score (nSPS) is 15.7. The number of halogens is 1. The lowest BCUT2D eigenvalue weighted by molar-refractivity contribution is -0.123. The van der Waals surface area contributed by atoms with Gasteiger partial charge in [-0.3, -0.25) is 4.79 Å². The Kier molecular flexibility index (Phi) is 5.12. The molecule has 0 spiro atoms. The largest absolute Gasteiger partial charge is 0.332 e. The third-order valence-corrected chi connectivity index (χ3v) is 5.60. The number of hydrogen-bond acceptors (Lipinski definition) is 2. The first-order valence-electron chi connectivity index (χ1n) is 9.91. The van der Waals surface area contributed by atoms with Gasteiger partial charge in [-0.25, -0.2) is 14.1 Å². The molecule has 1 aliphatic heterocycles. The molecule has 5 heteroatoms. The Balaban J connectivity index is 1.66. The number of amides is 3. The molecule has 3 aromatic carbocycles. The molecule has 4 rings (SSSR count). The Morgan fingerprint density at radius 2 is 1.40 bits per heavy atom. The van der Waals surface area contributed by atoms with E-state index in [0.717, 1.165) is 22.4 Å². The van der Waals surface area contributed by atoms with Crippen LogP contribution in [0.3, 0.4) is 0 Å². The van der Waals surface area contributed by atoms with Crippen LogP contribution in [-0.2, 0) is 17.8 Å². The van der Waals surface area contributed by atoms with Gasteiger partial charge in [0.05, 0.1) is 5.69 Å². The van der Waals surface area contributed by atoms with Gasteiger partial charge in [0.2, 0.25) is 0 Å². The van der Waals surface area contributed by atoms with Gasteiger partial charge in [0.15, 0.2) is 0 Å². The van der Waals surface area contributed by atoms with E-state index in [0.29, 0.717) is 0 Å². The molecule has 0 N–H and O–H groups in total. The van der Waals surface area contributed by atoms with E-state index in [1.807, 2.05) is 42.5 Å². The fraction of sp³-hybridized carbons (Fsp3) is 0.200. The van der Waals surface area contributed by atoms with Crippen molar-refractivity contribution in [2.75, 3.05) is 4.90 Å². The highest BCUT2D eigenvalue weighted by atomic mass is 19.1. The number of carbonyl (C=O) groups is 2. The van der Waals surface area contributed by atoms with Gasteiger partial charge in [0, 0.05) is 6.54 Å². The standard InChI is InChI=1S/C25H23FN2O2/c1-25(2)23(29)28(22-15-9-8-14-21(22)26)24(30)27(25)17-20-13-7-6-12-19(20)16-18-10-4-3-5-11-18/h3-15H,16-17H2,1-2H3. The molecule has 30 heavy (non-hydrogen) atoms. The highest BCUT2D eigenvalue weighted by molar-refractivity contribution is 6.23. The van der Waals surface area contributed by atoms with E-state index in [4.69, 9.17) is 0 Å². The van der Waals surface area contributed by atoms with Gasteiger partial charge in [0.25, 0.3) is 5.91 Å². The van der Waals surface area contributed by atoms with Gasteiger partial charge in [-0.15, -0.1) is 0 Å². The summed E-state index contributed by atoms with van der Waals surface area (Å²) in [6.45, 7) is 3.67. The van der Waals surface area contributed by atoms with Crippen LogP contribution in [0.25, 0.3) is 0 Å². The molecular formula is C25H23FN2O2. The molecule has 0 bridgehead atoms. The number of rotatable bonds is 5. The zero-order chi connectivity index (χ0) is 21.3. The van der Waals surface area contributed by atoms with Crippen LogP contribution in [0, 0.1) is 5.82 Å². The average Bonchev–Trinajstić information content (AvgIpc) is 2.90. The quantitative estimate of drug-likeness (QED) is 0.553. The summed E-state index contributed by atoms with van der Waals surface area (Å²) in [7, 11) is 0. The van der Waals surface area contributed by atoms with Crippen LogP contribution in [0.2, 0.25) is 0 Å². The zero-order valence-corrected chi connectivity index (χ0v) is 17.0. The Bertz CT molecular complexity index is 1100. The van der Waals surface area contributed by atoms with E-state index >= 15 is 0 Å². The number of hydrogen-bond donors (Lipinski definition) is 0. The predicted octanol–water partition coefficient (Wildman–Crippen LogP) is 5.16. The van der Waals surface area contributed by atoms with E-state index in [-0.39, 0.29) is 12.2 Å². The van der Waals surface area contributed by atoms with Crippen LogP contribution in [0.1, 0.15) is 30.5 Å². The lowest BCUT2D eigenvalue weighted by atomic mass is 9.97. The number of benzene rings is 3. The Morgan fingerprint density at radius 1 is 0.800 bits per heavy atom. The topological polar surface area (TPSA) is 40.6 Å². The molecule has 0 saturated carbocycles. The molecule has 1 aliphatic rings. The van der Waals surface area contributed by atoms with E-state index in [1.54, 1.807) is 19.9 Å². The summed E-state index contributed by atoms with van der Waals surface area (Å²) in [6, 6.07) is 23.3. The summed E-state index contributed by atoms with van der Waals surface area (Å²) in [5.41, 5.74) is 2.12. The summed E-state index contributed by atoms with van der Waals surface area (Å²) < 4.78 is 14.3. The fourth-order valence-corrected chi connectivity index (χ4v) is 3.82. The van der Waals surface area contributed by atoms with Crippen molar-refractivity contribution in [3.05, 3.63) is 101 Å². The minimum absolute atomic E-state index is 0.0133. The second-order valence-electron chi connectivity index (χ2n) is 7.95. The third kappa shape index (κ3) is 3.47. The third-order valence-electron chi connectivity index (χ3n) is 5.60. The predicted molar refractivity (Wildman–Crippen MR) is 115 cm³/mol. The van der Waals surface area contributed by atoms with Crippen LogP contribution in [0.5, 0.6) is 0 Å². The average molecular weight is 402 g/mol. The lowest BCUT2D eigenvalue weighted by Crippen LogP contribution is -2.43. The summed E-state index contributed by atoms with van der Waals surface area (Å²) in [5, 5.41) is 0. The van der Waals surface area contributed by atoms with Gasteiger partial charge in [-0.2, -0.15) is 0 Å². The van der Waals surface area contributed by atoms with Crippen molar-refractivity contribution in [3.8, 4) is 0 Å². The lowest BCUT2D eigenvalue weighted by Gasteiger charge is -2.28. The molecule has 4 nitrogen and oxygen atoms in total. The van der Waals surface area contributed by atoms with Gasteiger partial charge >= 0.3 is 6.03 Å². The van der Waals surface area contributed by atoms with Crippen LogP contribution in [0.4, 0.5) is 14.9 Å². The molecule has 1 heterocycles. The monoisotopic (exact) mass is 402 g/mol. The SMILES string of the molecule is CC1(C)C(=O)N(c2ccccc2F)C(=O)N1Cc1ccccc1Cc1ccccc1. The van der Waals surface area contributed by atoms with Gasteiger partial charge in [-0.05, 0) is 49.1 Å². The van der Waals surface area contributed by atoms with Crippen LogP contribution >= 0.6 is 0 Å². The van der Waals surface area contributed by atoms with Crippen molar-refractivity contribution in [2.45, 2.75) is 32.4 Å². The number of para-hydroxylation sites is 1. The van der Waals surface area contributed by atoms with Crippen molar-refractivity contribution in [1.82, 2.24) is 4.90 Å². The minimum Gasteiger partial charge on any atom is -0.305 e. The van der Waals surface area contributed by atoms with Gasteiger partial charge in [-0.1, -0.05) is 66.7 Å². The molecule has 1 fully saturated rings. The van der Waals surface area contributed by atoms with E-state index in [9.17, 15) is 14.0 Å². The van der Waals surface area contributed by atoms with E-state index in [1.165, 1.54) is 28.7 Å². The number of urea groups is 1. The van der Waals surface area contributed by atoms with Crippen molar-refractivity contribution >= 4 is 17.6 Å². The van der Waals surface area contributed by atoms with E-state index < -0.39 is 23.3 Å². The van der Waals surface area contributed by atoms with Crippen molar-refractivity contribution in [1.29, 1.82) is 0 Å². The van der Waals surface area contributed by atoms with Crippen molar-refractivity contribution in [3.63, 3.8) is 0 Å². The second-order valence-corrected chi connectivity index (χ2v) is 7.95. The number of carbonyl (C=O) groups excluding carboxylic acids is 2. The molecular weight excluding hydrogens is 379 g/mol. The molecule has 3 amide bonds. The van der Waals surface area contributed by atoms with E-state index in [2.05, 4.69) is 12.1 Å². The molecule has 0 radical (unpaired) electrons. The smallest absolute Gasteiger partial charge is 0.305 e. The fourth-order valence-electron chi connectivity index (χ4n) is 3.82. The summed E-state index contributed by atoms with van der Waals surface area (Å²) in [5.74, 6) is -1.03. The summed E-state index contributed by atoms with van der Waals surface area (Å²) in [6.07, 6.45) is 0.727. The number of nitrogens with zero attached hydrogens (tertiary/aromatic N) is 2. The zero-order valence-electron chi connectivity index (χ0n) is 17.0. The molecule has 0 aromatic heterocycles. The van der Waals surface area contributed by atoms with Crippen molar-refractivity contribution in [2.24, 2.45) is 0 Å². The molecule has 1 saturated heterocycles. The first-order chi connectivity index (χ1) is 14.4. The maximum absolute atomic E-state index is 14.3. The molecule has 0 aliphatic carbocycles. The molecule has 0 unspecified atom stereocenters. The highest BCUT2D eigenvalue weighted by Crippen LogP contribution is 2.34. The van der Waals surface area contributed by atoms with Crippen LogP contribution in [-0.4, -0.2) is 22.4 Å². The highest BCUT2D eigenvalue weighted by Gasteiger charge is 2.52. The maximum atomic E-state index is 14.3. The summed E-state index contributed by atoms with van der Waals surface area (Å²) in [4.78, 5) is 28.8.